The van der Waals surface area contributed by atoms with Crippen molar-refractivity contribution in [1.82, 2.24) is 0 Å². The zero-order chi connectivity index (χ0) is 9.03. The molecule has 3 nitrogen and oxygen atoms in total. The SMILES string of the molecule is C#CC(N)C1(OC)CCOCC1. The maximum atomic E-state index is 5.78. The number of terminal acetylenes is 1. The highest BCUT2D eigenvalue weighted by Crippen LogP contribution is 2.26. The zero-order valence-corrected chi connectivity index (χ0v) is 7.38. The van der Waals surface area contributed by atoms with Crippen molar-refractivity contribution < 1.29 is 9.47 Å². The standard InChI is InChI=1S/C9H15NO2/c1-3-8(10)9(11-2)4-6-12-7-5-9/h1,8H,4-7,10H2,2H3. The van der Waals surface area contributed by atoms with E-state index < -0.39 is 0 Å². The fourth-order valence-corrected chi connectivity index (χ4v) is 1.51. The maximum absolute atomic E-state index is 5.78. The molecule has 1 aliphatic rings. The van der Waals surface area contributed by atoms with Gasteiger partial charge < -0.3 is 15.2 Å². The van der Waals surface area contributed by atoms with Crippen LogP contribution in [0.5, 0.6) is 0 Å². The Morgan fingerprint density at radius 2 is 2.17 bits per heavy atom. The van der Waals surface area contributed by atoms with Crippen LogP contribution in [-0.4, -0.2) is 32.0 Å². The number of rotatable bonds is 2. The van der Waals surface area contributed by atoms with Gasteiger partial charge in [-0.2, -0.15) is 0 Å². The molecule has 0 radical (unpaired) electrons. The van der Waals surface area contributed by atoms with E-state index in [1.54, 1.807) is 7.11 Å². The van der Waals surface area contributed by atoms with Crippen LogP contribution in [0.3, 0.4) is 0 Å². The average molecular weight is 169 g/mol. The molecule has 0 amide bonds. The zero-order valence-electron chi connectivity index (χ0n) is 7.38. The van der Waals surface area contributed by atoms with Crippen molar-refractivity contribution >= 4 is 0 Å². The molecule has 1 fully saturated rings. The van der Waals surface area contributed by atoms with Crippen LogP contribution in [0.15, 0.2) is 0 Å². The molecular formula is C9H15NO2. The second-order valence-electron chi connectivity index (χ2n) is 3.03. The minimum atomic E-state index is -0.354. The Kier molecular flexibility index (Phi) is 3.10. The van der Waals surface area contributed by atoms with Gasteiger partial charge in [-0.15, -0.1) is 6.42 Å². The summed E-state index contributed by atoms with van der Waals surface area (Å²) in [7, 11) is 1.66. The largest absolute Gasteiger partial charge is 0.381 e. The van der Waals surface area contributed by atoms with Gasteiger partial charge in [-0.3, -0.25) is 0 Å². The molecule has 1 unspecified atom stereocenters. The van der Waals surface area contributed by atoms with Crippen LogP contribution in [0, 0.1) is 12.3 Å². The molecule has 1 heterocycles. The van der Waals surface area contributed by atoms with Crippen LogP contribution in [0.4, 0.5) is 0 Å². The molecule has 68 valence electrons. The Labute approximate surface area is 73.2 Å². The van der Waals surface area contributed by atoms with Gasteiger partial charge in [-0.25, -0.2) is 0 Å². The van der Waals surface area contributed by atoms with Crippen molar-refractivity contribution in [3.63, 3.8) is 0 Å². The van der Waals surface area contributed by atoms with Crippen molar-refractivity contribution in [2.75, 3.05) is 20.3 Å². The summed E-state index contributed by atoms with van der Waals surface area (Å²) in [6.07, 6.45) is 6.84. The normalized spacial score (nSPS) is 24.4. The third kappa shape index (κ3) is 1.61. The molecule has 0 aromatic carbocycles. The molecule has 1 saturated heterocycles. The van der Waals surface area contributed by atoms with Gasteiger partial charge in [-0.05, 0) is 0 Å². The summed E-state index contributed by atoms with van der Waals surface area (Å²) in [5, 5.41) is 0. The molecule has 0 spiro atoms. The fourth-order valence-electron chi connectivity index (χ4n) is 1.51. The van der Waals surface area contributed by atoms with Crippen molar-refractivity contribution in [2.45, 2.75) is 24.5 Å². The van der Waals surface area contributed by atoms with E-state index in [9.17, 15) is 0 Å². The first kappa shape index (κ1) is 9.53. The highest BCUT2D eigenvalue weighted by atomic mass is 16.5. The average Bonchev–Trinajstić information content (AvgIpc) is 2.17. The van der Waals surface area contributed by atoms with Crippen LogP contribution in [0.2, 0.25) is 0 Å². The minimum absolute atomic E-state index is 0.327. The smallest absolute Gasteiger partial charge is 0.0984 e. The topological polar surface area (TPSA) is 44.5 Å². The van der Waals surface area contributed by atoms with E-state index in [1.807, 2.05) is 0 Å². The summed E-state index contributed by atoms with van der Waals surface area (Å²) < 4.78 is 10.6. The molecule has 0 saturated carbocycles. The van der Waals surface area contributed by atoms with Crippen molar-refractivity contribution in [3.8, 4) is 12.3 Å². The van der Waals surface area contributed by atoms with Gasteiger partial charge in [0.15, 0.2) is 0 Å². The Morgan fingerprint density at radius 3 is 2.58 bits per heavy atom. The molecule has 1 atom stereocenters. The Balaban J connectivity index is 2.67. The quantitative estimate of drug-likeness (QED) is 0.598. The molecule has 0 bridgehead atoms. The van der Waals surface area contributed by atoms with E-state index in [4.69, 9.17) is 21.6 Å². The van der Waals surface area contributed by atoms with Crippen LogP contribution in [0.1, 0.15) is 12.8 Å². The lowest BCUT2D eigenvalue weighted by Crippen LogP contribution is -2.52. The van der Waals surface area contributed by atoms with Crippen molar-refractivity contribution in [3.05, 3.63) is 0 Å². The molecule has 3 heteroatoms. The maximum Gasteiger partial charge on any atom is 0.0984 e. The molecule has 1 rings (SSSR count). The van der Waals surface area contributed by atoms with E-state index in [-0.39, 0.29) is 11.6 Å². The van der Waals surface area contributed by atoms with Crippen LogP contribution >= 0.6 is 0 Å². The third-order valence-electron chi connectivity index (χ3n) is 2.49. The Bertz CT molecular complexity index is 179. The first-order valence-corrected chi connectivity index (χ1v) is 4.10. The fraction of sp³-hybridized carbons (Fsp3) is 0.778. The van der Waals surface area contributed by atoms with E-state index in [2.05, 4.69) is 5.92 Å². The van der Waals surface area contributed by atoms with Crippen LogP contribution in [-0.2, 0) is 9.47 Å². The van der Waals surface area contributed by atoms with Gasteiger partial charge in [0.05, 0.1) is 11.6 Å². The second-order valence-corrected chi connectivity index (χ2v) is 3.03. The number of hydrogen-bond donors (Lipinski definition) is 1. The molecule has 0 aromatic rings. The predicted molar refractivity (Wildman–Crippen MR) is 46.6 cm³/mol. The van der Waals surface area contributed by atoms with Crippen molar-refractivity contribution in [1.29, 1.82) is 0 Å². The minimum Gasteiger partial charge on any atom is -0.381 e. The van der Waals surface area contributed by atoms with Gasteiger partial charge >= 0.3 is 0 Å². The summed E-state index contributed by atoms with van der Waals surface area (Å²) >= 11 is 0. The van der Waals surface area contributed by atoms with Gasteiger partial charge in [0, 0.05) is 33.2 Å². The third-order valence-corrected chi connectivity index (χ3v) is 2.49. The number of hydrogen-bond acceptors (Lipinski definition) is 3. The monoisotopic (exact) mass is 169 g/mol. The number of ether oxygens (including phenoxy) is 2. The van der Waals surface area contributed by atoms with Gasteiger partial charge in [-0.1, -0.05) is 5.92 Å². The van der Waals surface area contributed by atoms with Gasteiger partial charge in [0.2, 0.25) is 0 Å². The molecule has 0 aliphatic carbocycles. The van der Waals surface area contributed by atoms with Crippen LogP contribution < -0.4 is 5.73 Å². The van der Waals surface area contributed by atoms with Gasteiger partial charge in [0.1, 0.15) is 0 Å². The van der Waals surface area contributed by atoms with E-state index in [0.29, 0.717) is 13.2 Å². The van der Waals surface area contributed by atoms with Crippen LogP contribution in [0.25, 0.3) is 0 Å². The lowest BCUT2D eigenvalue weighted by atomic mass is 9.87. The van der Waals surface area contributed by atoms with Crippen molar-refractivity contribution in [2.24, 2.45) is 5.73 Å². The lowest BCUT2D eigenvalue weighted by Gasteiger charge is -2.38. The summed E-state index contributed by atoms with van der Waals surface area (Å²) in [6.45, 7) is 1.37. The Hall–Kier alpha value is -0.560. The lowest BCUT2D eigenvalue weighted by molar-refractivity contribution is -0.0942. The molecule has 0 aromatic heterocycles. The first-order valence-electron chi connectivity index (χ1n) is 4.10. The molecule has 12 heavy (non-hydrogen) atoms. The first-order chi connectivity index (χ1) is 5.75. The highest BCUT2D eigenvalue weighted by Gasteiger charge is 2.37. The molecule has 1 aliphatic heterocycles. The Morgan fingerprint density at radius 1 is 1.58 bits per heavy atom. The number of methoxy groups -OCH3 is 1. The highest BCUT2D eigenvalue weighted by molar-refractivity contribution is 5.09. The van der Waals surface area contributed by atoms with E-state index >= 15 is 0 Å². The number of nitrogens with two attached hydrogens (primary N) is 1. The van der Waals surface area contributed by atoms with E-state index in [0.717, 1.165) is 12.8 Å². The molecular weight excluding hydrogens is 154 g/mol. The second kappa shape index (κ2) is 3.90. The summed E-state index contributed by atoms with van der Waals surface area (Å²) in [4.78, 5) is 0. The summed E-state index contributed by atoms with van der Waals surface area (Å²) in [5.41, 5.74) is 5.42. The van der Waals surface area contributed by atoms with Gasteiger partial charge in [0.25, 0.3) is 0 Å². The molecule has 2 N–H and O–H groups in total. The predicted octanol–water partition coefficient (Wildman–Crippen LogP) is 0.142. The summed E-state index contributed by atoms with van der Waals surface area (Å²) in [5.74, 6) is 2.52. The summed E-state index contributed by atoms with van der Waals surface area (Å²) in [6, 6.07) is -0.327. The van der Waals surface area contributed by atoms with E-state index in [1.165, 1.54) is 0 Å².